The van der Waals surface area contributed by atoms with Crippen LogP contribution in [0.25, 0.3) is 0 Å². The van der Waals surface area contributed by atoms with Crippen molar-refractivity contribution in [1.82, 2.24) is 0 Å². The number of ether oxygens (including phenoxy) is 1. The minimum Gasteiger partial charge on any atom is -0.508 e. The first kappa shape index (κ1) is 10.7. The Balaban J connectivity index is 3.09. The summed E-state index contributed by atoms with van der Waals surface area (Å²) in [5, 5.41) is 9.08. The van der Waals surface area contributed by atoms with Gasteiger partial charge in [0.15, 0.2) is 0 Å². The molecule has 0 bridgehead atoms. The Morgan fingerprint density at radius 2 is 1.57 bits per heavy atom. The van der Waals surface area contributed by atoms with Crippen molar-refractivity contribution in [1.29, 1.82) is 0 Å². The number of halogens is 3. The third-order valence-electron chi connectivity index (χ3n) is 1.66. The molecule has 0 amide bonds. The van der Waals surface area contributed by atoms with Gasteiger partial charge in [0.1, 0.15) is 11.5 Å². The molecule has 0 aliphatic heterocycles. The van der Waals surface area contributed by atoms with Crippen LogP contribution in [-0.4, -0.2) is 11.5 Å². The minimum atomic E-state index is -4.70. The number of phenols is 1. The van der Waals surface area contributed by atoms with Gasteiger partial charge in [-0.05, 0) is 37.1 Å². The Kier molecular flexibility index (Phi) is 2.59. The third-order valence-corrected chi connectivity index (χ3v) is 1.66. The van der Waals surface area contributed by atoms with Gasteiger partial charge in [0.25, 0.3) is 0 Å². The molecule has 5 heteroatoms. The summed E-state index contributed by atoms with van der Waals surface area (Å²) in [5.41, 5.74) is 0.500. The van der Waals surface area contributed by atoms with Gasteiger partial charge in [0, 0.05) is 0 Å². The molecule has 1 rings (SSSR count). The summed E-state index contributed by atoms with van der Waals surface area (Å²) < 4.78 is 39.6. The van der Waals surface area contributed by atoms with E-state index in [2.05, 4.69) is 4.74 Å². The number of aromatic hydroxyl groups is 1. The van der Waals surface area contributed by atoms with Crippen LogP contribution in [0.1, 0.15) is 11.1 Å². The first-order valence-corrected chi connectivity index (χ1v) is 3.85. The topological polar surface area (TPSA) is 29.5 Å². The first-order chi connectivity index (χ1) is 6.29. The Morgan fingerprint density at radius 3 is 1.93 bits per heavy atom. The molecule has 0 atom stereocenters. The number of hydrogen-bond acceptors (Lipinski definition) is 2. The molecule has 0 unspecified atom stereocenters. The number of phenolic OH excluding ortho intramolecular Hbond substituents is 1. The van der Waals surface area contributed by atoms with E-state index in [0.717, 1.165) is 0 Å². The van der Waals surface area contributed by atoms with Gasteiger partial charge in [-0.3, -0.25) is 0 Å². The molecule has 0 aliphatic rings. The lowest BCUT2D eigenvalue weighted by atomic mass is 10.1. The quantitative estimate of drug-likeness (QED) is 0.765. The predicted molar refractivity (Wildman–Crippen MR) is 44.3 cm³/mol. The number of aryl methyl sites for hydroxylation is 2. The predicted octanol–water partition coefficient (Wildman–Crippen LogP) is 2.91. The monoisotopic (exact) mass is 206 g/mol. The zero-order chi connectivity index (χ0) is 10.9. The van der Waals surface area contributed by atoms with E-state index in [0.29, 0.717) is 0 Å². The Morgan fingerprint density at radius 1 is 1.14 bits per heavy atom. The van der Waals surface area contributed by atoms with Crippen molar-refractivity contribution in [2.24, 2.45) is 0 Å². The van der Waals surface area contributed by atoms with Crippen molar-refractivity contribution < 1.29 is 23.0 Å². The molecule has 0 radical (unpaired) electrons. The molecule has 2 nitrogen and oxygen atoms in total. The van der Waals surface area contributed by atoms with Crippen molar-refractivity contribution in [3.05, 3.63) is 23.3 Å². The number of alkyl halides is 3. The van der Waals surface area contributed by atoms with Crippen LogP contribution in [0.5, 0.6) is 11.5 Å². The maximum absolute atomic E-state index is 11.9. The summed E-state index contributed by atoms with van der Waals surface area (Å²) in [6.45, 7) is 2.88. The lowest BCUT2D eigenvalue weighted by Gasteiger charge is -2.13. The maximum Gasteiger partial charge on any atom is 0.573 e. The van der Waals surface area contributed by atoms with Crippen LogP contribution in [0.4, 0.5) is 13.2 Å². The highest BCUT2D eigenvalue weighted by molar-refractivity contribution is 5.45. The fourth-order valence-corrected chi connectivity index (χ4v) is 1.20. The van der Waals surface area contributed by atoms with Gasteiger partial charge in [-0.15, -0.1) is 13.2 Å². The van der Waals surface area contributed by atoms with Gasteiger partial charge in [0.05, 0.1) is 0 Å². The van der Waals surface area contributed by atoms with E-state index in [-0.39, 0.29) is 22.6 Å². The number of hydrogen-bond donors (Lipinski definition) is 1. The normalized spacial score (nSPS) is 11.5. The highest BCUT2D eigenvalue weighted by atomic mass is 19.4. The van der Waals surface area contributed by atoms with Gasteiger partial charge in [0.2, 0.25) is 0 Å². The third kappa shape index (κ3) is 2.55. The molecule has 78 valence electrons. The van der Waals surface area contributed by atoms with E-state index in [1.54, 1.807) is 0 Å². The van der Waals surface area contributed by atoms with Crippen LogP contribution < -0.4 is 4.74 Å². The Labute approximate surface area is 78.9 Å². The van der Waals surface area contributed by atoms with Crippen molar-refractivity contribution >= 4 is 0 Å². The average molecular weight is 206 g/mol. The largest absolute Gasteiger partial charge is 0.573 e. The smallest absolute Gasteiger partial charge is 0.508 e. The molecule has 0 aliphatic carbocycles. The molecule has 0 saturated heterocycles. The molecule has 14 heavy (non-hydrogen) atoms. The van der Waals surface area contributed by atoms with Crippen LogP contribution in [0.15, 0.2) is 12.1 Å². The maximum atomic E-state index is 11.9. The lowest BCUT2D eigenvalue weighted by molar-refractivity contribution is -0.275. The van der Waals surface area contributed by atoms with Gasteiger partial charge in [-0.25, -0.2) is 0 Å². The molecule has 0 spiro atoms. The molecule has 1 N–H and O–H groups in total. The highest BCUT2D eigenvalue weighted by Crippen LogP contribution is 2.32. The lowest BCUT2D eigenvalue weighted by Crippen LogP contribution is -2.18. The molecule has 0 saturated carbocycles. The summed E-state index contributed by atoms with van der Waals surface area (Å²) in [6, 6.07) is 2.43. The Hall–Kier alpha value is -1.39. The minimum absolute atomic E-state index is 0.0745. The van der Waals surface area contributed by atoms with E-state index >= 15 is 0 Å². The fourth-order valence-electron chi connectivity index (χ4n) is 1.20. The van der Waals surface area contributed by atoms with Crippen molar-refractivity contribution in [3.63, 3.8) is 0 Å². The van der Waals surface area contributed by atoms with Gasteiger partial charge in [-0.1, -0.05) is 0 Å². The summed E-state index contributed by atoms with van der Waals surface area (Å²) in [5.74, 6) is -0.329. The van der Waals surface area contributed by atoms with E-state index in [1.807, 2.05) is 0 Å². The van der Waals surface area contributed by atoms with Gasteiger partial charge in [-0.2, -0.15) is 0 Å². The van der Waals surface area contributed by atoms with Crippen LogP contribution in [0, 0.1) is 13.8 Å². The van der Waals surface area contributed by atoms with Crippen molar-refractivity contribution in [2.45, 2.75) is 20.2 Å². The van der Waals surface area contributed by atoms with E-state index in [4.69, 9.17) is 5.11 Å². The number of rotatable bonds is 1. The molecular formula is C9H9F3O2. The van der Waals surface area contributed by atoms with E-state index < -0.39 is 6.36 Å². The zero-order valence-electron chi connectivity index (χ0n) is 7.64. The number of benzene rings is 1. The van der Waals surface area contributed by atoms with Crippen LogP contribution in [-0.2, 0) is 0 Å². The van der Waals surface area contributed by atoms with Crippen LogP contribution in [0.3, 0.4) is 0 Å². The molecule has 0 aromatic heterocycles. The van der Waals surface area contributed by atoms with E-state index in [9.17, 15) is 13.2 Å². The summed E-state index contributed by atoms with van der Waals surface area (Å²) in [6.07, 6.45) is -4.70. The van der Waals surface area contributed by atoms with E-state index in [1.165, 1.54) is 26.0 Å². The standard InChI is InChI=1S/C9H9F3O2/c1-5-3-7(13)4-6(2)8(5)14-9(10,11)12/h3-4,13H,1-2H3. The molecule has 0 heterocycles. The molecule has 0 fully saturated rings. The molecular weight excluding hydrogens is 197 g/mol. The fraction of sp³-hybridized carbons (Fsp3) is 0.333. The second kappa shape index (κ2) is 3.40. The van der Waals surface area contributed by atoms with Crippen molar-refractivity contribution in [3.8, 4) is 11.5 Å². The summed E-state index contributed by atoms with van der Waals surface area (Å²) >= 11 is 0. The highest BCUT2D eigenvalue weighted by Gasteiger charge is 2.32. The van der Waals surface area contributed by atoms with Gasteiger partial charge >= 0.3 is 6.36 Å². The van der Waals surface area contributed by atoms with Crippen molar-refractivity contribution in [2.75, 3.05) is 0 Å². The Bertz CT molecular complexity index is 321. The molecule has 1 aromatic rings. The second-order valence-electron chi connectivity index (χ2n) is 2.96. The first-order valence-electron chi connectivity index (χ1n) is 3.85. The van der Waals surface area contributed by atoms with Gasteiger partial charge < -0.3 is 9.84 Å². The SMILES string of the molecule is Cc1cc(O)cc(C)c1OC(F)(F)F. The second-order valence-corrected chi connectivity index (χ2v) is 2.96. The summed E-state index contributed by atoms with van der Waals surface area (Å²) in [7, 11) is 0. The van der Waals surface area contributed by atoms with Crippen LogP contribution in [0.2, 0.25) is 0 Å². The molecule has 1 aromatic carbocycles. The zero-order valence-corrected chi connectivity index (χ0v) is 7.64. The summed E-state index contributed by atoms with van der Waals surface area (Å²) in [4.78, 5) is 0. The van der Waals surface area contributed by atoms with Crippen LogP contribution >= 0.6 is 0 Å². The average Bonchev–Trinajstić information content (AvgIpc) is 1.95.